The number of likely N-dealkylation sites (N-methyl/N-ethyl adjacent to an activating group) is 1. The highest BCUT2D eigenvalue weighted by molar-refractivity contribution is 7.89. The summed E-state index contributed by atoms with van der Waals surface area (Å²) in [6.45, 7) is 11.0. The van der Waals surface area contributed by atoms with E-state index in [1.165, 1.54) is 36.2 Å². The van der Waals surface area contributed by atoms with Crippen molar-refractivity contribution >= 4 is 27.5 Å². The summed E-state index contributed by atoms with van der Waals surface area (Å²) in [5.74, 6) is -0.681. The van der Waals surface area contributed by atoms with Gasteiger partial charge in [0.15, 0.2) is 0 Å². The number of carbonyl (C=O) groups is 2. The van der Waals surface area contributed by atoms with Crippen molar-refractivity contribution in [3.63, 3.8) is 0 Å². The van der Waals surface area contributed by atoms with E-state index in [0.29, 0.717) is 5.56 Å². The van der Waals surface area contributed by atoms with Crippen molar-refractivity contribution in [2.24, 2.45) is 0 Å². The number of aryl methyl sites for hydroxylation is 3. The molecule has 0 aromatic heterocycles. The SMILES string of the molecule is Cc1cc(C)c(NC(=O)CN(C)C(=O)c2ccc(S(=O)(=O)NC(C)(C)C)cc2)c(C)c1. The summed E-state index contributed by atoms with van der Waals surface area (Å²) in [7, 11) is -2.15. The number of benzene rings is 2. The van der Waals surface area contributed by atoms with Crippen LogP contribution >= 0.6 is 0 Å². The summed E-state index contributed by atoms with van der Waals surface area (Å²) in [4.78, 5) is 26.5. The molecule has 0 aliphatic rings. The fourth-order valence-corrected chi connectivity index (χ4v) is 4.72. The second-order valence-corrected chi connectivity index (χ2v) is 10.5. The molecule has 0 fully saturated rings. The third kappa shape index (κ3) is 6.63. The van der Waals surface area contributed by atoms with Gasteiger partial charge in [-0.05, 0) is 76.9 Å². The number of sulfonamides is 1. The van der Waals surface area contributed by atoms with Gasteiger partial charge in [-0.15, -0.1) is 0 Å². The normalized spacial score (nSPS) is 11.8. The minimum atomic E-state index is -3.68. The number of anilines is 1. The molecule has 0 bridgehead atoms. The van der Waals surface area contributed by atoms with Crippen molar-refractivity contribution in [1.82, 2.24) is 9.62 Å². The Kier molecular flexibility index (Phi) is 7.28. The van der Waals surface area contributed by atoms with Gasteiger partial charge in [-0.25, -0.2) is 13.1 Å². The zero-order chi connectivity index (χ0) is 23.6. The van der Waals surface area contributed by atoms with Gasteiger partial charge in [0.05, 0.1) is 11.4 Å². The molecule has 0 spiro atoms. The Hall–Kier alpha value is -2.71. The van der Waals surface area contributed by atoms with Crippen LogP contribution in [0.5, 0.6) is 0 Å². The van der Waals surface area contributed by atoms with E-state index in [2.05, 4.69) is 10.0 Å². The first kappa shape index (κ1) is 24.6. The van der Waals surface area contributed by atoms with Crippen LogP contribution in [-0.4, -0.2) is 44.3 Å². The summed E-state index contributed by atoms with van der Waals surface area (Å²) < 4.78 is 27.4. The highest BCUT2D eigenvalue weighted by Gasteiger charge is 2.23. The zero-order valence-electron chi connectivity index (χ0n) is 19.2. The lowest BCUT2D eigenvalue weighted by Crippen LogP contribution is -2.40. The number of nitrogens with zero attached hydrogens (tertiary/aromatic N) is 1. The summed E-state index contributed by atoms with van der Waals surface area (Å²) in [6.07, 6.45) is 0. The predicted octanol–water partition coefficient (Wildman–Crippen LogP) is 3.40. The molecular weight excluding hydrogens is 414 g/mol. The smallest absolute Gasteiger partial charge is 0.254 e. The molecule has 2 aromatic rings. The second kappa shape index (κ2) is 9.20. The Bertz CT molecular complexity index is 1060. The molecular formula is C23H31N3O4S. The van der Waals surface area contributed by atoms with Crippen molar-refractivity contribution in [2.45, 2.75) is 52.0 Å². The first-order valence-electron chi connectivity index (χ1n) is 9.97. The minimum absolute atomic E-state index is 0.0738. The molecule has 0 heterocycles. The molecule has 2 amide bonds. The minimum Gasteiger partial charge on any atom is -0.332 e. The summed E-state index contributed by atoms with van der Waals surface area (Å²) in [6, 6.07) is 9.64. The van der Waals surface area contributed by atoms with E-state index in [0.717, 1.165) is 22.4 Å². The number of rotatable bonds is 6. The van der Waals surface area contributed by atoms with Crippen LogP contribution < -0.4 is 10.0 Å². The molecule has 0 atom stereocenters. The topological polar surface area (TPSA) is 95.6 Å². The highest BCUT2D eigenvalue weighted by atomic mass is 32.2. The van der Waals surface area contributed by atoms with Crippen molar-refractivity contribution in [3.05, 3.63) is 58.7 Å². The maximum absolute atomic E-state index is 12.7. The third-order valence-electron chi connectivity index (χ3n) is 4.52. The lowest BCUT2D eigenvalue weighted by molar-refractivity contribution is -0.116. The lowest BCUT2D eigenvalue weighted by Gasteiger charge is -2.21. The monoisotopic (exact) mass is 445 g/mol. The Labute approximate surface area is 184 Å². The Morgan fingerprint density at radius 3 is 1.97 bits per heavy atom. The molecule has 0 saturated carbocycles. The molecule has 168 valence electrons. The number of carbonyl (C=O) groups excluding carboxylic acids is 2. The molecule has 31 heavy (non-hydrogen) atoms. The summed E-state index contributed by atoms with van der Waals surface area (Å²) in [5.41, 5.74) is 3.46. The van der Waals surface area contributed by atoms with E-state index in [4.69, 9.17) is 0 Å². The predicted molar refractivity (Wildman–Crippen MR) is 123 cm³/mol. The molecule has 0 radical (unpaired) electrons. The fraction of sp³-hybridized carbons (Fsp3) is 0.391. The van der Waals surface area contributed by atoms with E-state index in [-0.39, 0.29) is 23.3 Å². The van der Waals surface area contributed by atoms with Crippen LogP contribution in [0.25, 0.3) is 0 Å². The molecule has 7 nitrogen and oxygen atoms in total. The number of hydrogen-bond acceptors (Lipinski definition) is 4. The zero-order valence-corrected chi connectivity index (χ0v) is 20.0. The summed E-state index contributed by atoms with van der Waals surface area (Å²) in [5, 5.41) is 2.87. The van der Waals surface area contributed by atoms with E-state index in [1.54, 1.807) is 20.8 Å². The van der Waals surface area contributed by atoms with Crippen molar-refractivity contribution in [3.8, 4) is 0 Å². The van der Waals surface area contributed by atoms with E-state index in [9.17, 15) is 18.0 Å². The molecule has 2 N–H and O–H groups in total. The number of amides is 2. The number of nitrogens with one attached hydrogen (secondary N) is 2. The van der Waals surface area contributed by atoms with Gasteiger partial charge in [-0.2, -0.15) is 0 Å². The van der Waals surface area contributed by atoms with Crippen LogP contribution in [-0.2, 0) is 14.8 Å². The van der Waals surface area contributed by atoms with Crippen LogP contribution in [0.2, 0.25) is 0 Å². The standard InChI is InChI=1S/C23H31N3O4S/c1-15-12-16(2)21(17(3)13-15)24-20(27)14-26(7)22(28)18-8-10-19(11-9-18)31(29,30)25-23(4,5)6/h8-13,25H,14H2,1-7H3,(H,24,27). The summed E-state index contributed by atoms with van der Waals surface area (Å²) >= 11 is 0. The average Bonchev–Trinajstić information content (AvgIpc) is 2.62. The van der Waals surface area contributed by atoms with E-state index < -0.39 is 15.6 Å². The molecule has 0 aliphatic carbocycles. The van der Waals surface area contributed by atoms with Gasteiger partial charge in [-0.1, -0.05) is 17.7 Å². The Morgan fingerprint density at radius 1 is 0.968 bits per heavy atom. The van der Waals surface area contributed by atoms with E-state index in [1.807, 2.05) is 32.9 Å². The second-order valence-electron chi connectivity index (χ2n) is 8.86. The van der Waals surface area contributed by atoms with Crippen LogP contribution in [0.1, 0.15) is 47.8 Å². The largest absolute Gasteiger partial charge is 0.332 e. The first-order valence-corrected chi connectivity index (χ1v) is 11.4. The third-order valence-corrected chi connectivity index (χ3v) is 6.29. The maximum atomic E-state index is 12.7. The van der Waals surface area contributed by atoms with Crippen LogP contribution in [0, 0.1) is 20.8 Å². The van der Waals surface area contributed by atoms with Gasteiger partial charge in [0, 0.05) is 23.8 Å². The first-order chi connectivity index (χ1) is 14.2. The van der Waals surface area contributed by atoms with Gasteiger partial charge in [0.2, 0.25) is 15.9 Å². The quantitative estimate of drug-likeness (QED) is 0.712. The Morgan fingerprint density at radius 2 is 1.48 bits per heavy atom. The van der Waals surface area contributed by atoms with Crippen LogP contribution in [0.4, 0.5) is 5.69 Å². The average molecular weight is 446 g/mol. The Balaban J connectivity index is 2.07. The lowest BCUT2D eigenvalue weighted by atomic mass is 10.1. The van der Waals surface area contributed by atoms with Crippen molar-refractivity contribution < 1.29 is 18.0 Å². The van der Waals surface area contributed by atoms with Gasteiger partial charge in [0.1, 0.15) is 0 Å². The maximum Gasteiger partial charge on any atom is 0.254 e. The molecule has 2 rings (SSSR count). The molecule has 0 saturated heterocycles. The molecule has 0 aliphatic heterocycles. The van der Waals surface area contributed by atoms with Gasteiger partial charge < -0.3 is 10.2 Å². The molecule has 8 heteroatoms. The van der Waals surface area contributed by atoms with Crippen molar-refractivity contribution in [1.29, 1.82) is 0 Å². The van der Waals surface area contributed by atoms with Gasteiger partial charge in [-0.3, -0.25) is 9.59 Å². The number of hydrogen-bond donors (Lipinski definition) is 2. The van der Waals surface area contributed by atoms with Crippen molar-refractivity contribution in [2.75, 3.05) is 18.9 Å². The van der Waals surface area contributed by atoms with E-state index >= 15 is 0 Å². The van der Waals surface area contributed by atoms with Gasteiger partial charge in [0.25, 0.3) is 5.91 Å². The fourth-order valence-electron chi connectivity index (χ4n) is 3.30. The van der Waals surface area contributed by atoms with Crippen LogP contribution in [0.15, 0.2) is 41.3 Å². The molecule has 0 unspecified atom stereocenters. The van der Waals surface area contributed by atoms with Gasteiger partial charge >= 0.3 is 0 Å². The van der Waals surface area contributed by atoms with Crippen LogP contribution in [0.3, 0.4) is 0 Å². The highest BCUT2D eigenvalue weighted by Crippen LogP contribution is 2.22. The molecule has 2 aromatic carbocycles.